The van der Waals surface area contributed by atoms with Crippen molar-refractivity contribution in [3.8, 4) is 17.9 Å². The average molecular weight is 690 g/mol. The molecule has 0 saturated carbocycles. The van der Waals surface area contributed by atoms with E-state index in [4.69, 9.17) is 51.1 Å². The van der Waals surface area contributed by atoms with E-state index in [1.54, 1.807) is 24.0 Å². The van der Waals surface area contributed by atoms with Gasteiger partial charge < -0.3 is 10.6 Å². The fourth-order valence-corrected chi connectivity index (χ4v) is 5.80. The molecule has 20 heteroatoms. The molecule has 0 spiro atoms. The number of nitriles is 2. The van der Waals surface area contributed by atoms with E-state index < -0.39 is 60.2 Å². The predicted molar refractivity (Wildman–Crippen MR) is 145 cm³/mol. The zero-order valence-corrected chi connectivity index (χ0v) is 24.2. The molecule has 0 aliphatic carbocycles. The van der Waals surface area contributed by atoms with Gasteiger partial charge in [0.2, 0.25) is 6.19 Å². The van der Waals surface area contributed by atoms with Crippen LogP contribution in [0.15, 0.2) is 40.4 Å². The molecule has 3 heterocycles. The molecule has 1 atom stereocenters. The van der Waals surface area contributed by atoms with Crippen molar-refractivity contribution in [2.75, 3.05) is 18.0 Å². The number of benzene rings is 1. The highest BCUT2D eigenvalue weighted by Gasteiger charge is 2.43. The third-order valence-corrected chi connectivity index (χ3v) is 8.09. The Balaban J connectivity index is 0.000000258. The van der Waals surface area contributed by atoms with Crippen LogP contribution in [0.1, 0.15) is 16.8 Å². The van der Waals surface area contributed by atoms with E-state index in [1.165, 1.54) is 6.07 Å². The van der Waals surface area contributed by atoms with Crippen molar-refractivity contribution in [3.05, 3.63) is 62.5 Å². The van der Waals surface area contributed by atoms with Crippen LogP contribution in [0.25, 0.3) is 5.69 Å². The molecule has 0 amide bonds. The summed E-state index contributed by atoms with van der Waals surface area (Å²) in [6, 6.07) is 5.89. The van der Waals surface area contributed by atoms with E-state index in [2.05, 4.69) is 20.0 Å². The molecule has 9 nitrogen and oxygen atoms in total. The molecule has 1 aromatic carbocycles. The van der Waals surface area contributed by atoms with Gasteiger partial charge in [-0.3, -0.25) is 0 Å². The molecule has 42 heavy (non-hydrogen) atoms. The summed E-state index contributed by atoms with van der Waals surface area (Å²) >= 11 is 18.8. The van der Waals surface area contributed by atoms with Crippen molar-refractivity contribution in [3.63, 3.8) is 0 Å². The largest absolute Gasteiger partial charge is 0.476 e. The number of nitrogen functional groups attached to an aromatic ring is 1. The second-order valence-corrected chi connectivity index (χ2v) is 11.5. The lowest BCUT2D eigenvalue weighted by Gasteiger charge is -2.16. The SMILES string of the molecule is N#CN=C1SCCN1Cc1ccc(Cl)nc1.N#Cc1nn(-c2c(Cl)cc(C(F)(F)F)cc2Cl)c(N)c1S(=O)C(F)(F)F. The predicted octanol–water partition coefficient (Wildman–Crippen LogP) is 6.40. The molecule has 1 fully saturated rings. The van der Waals surface area contributed by atoms with Crippen LogP contribution in [0.4, 0.5) is 32.2 Å². The van der Waals surface area contributed by atoms with Crippen LogP contribution in [0.2, 0.25) is 15.2 Å². The number of alkyl halides is 6. The monoisotopic (exact) mass is 688 g/mol. The maximum atomic E-state index is 12.7. The molecule has 1 unspecified atom stereocenters. The summed E-state index contributed by atoms with van der Waals surface area (Å²) < 4.78 is 88.4. The Morgan fingerprint density at radius 3 is 2.26 bits per heavy atom. The number of aromatic nitrogens is 3. The number of halogens is 9. The smallest absolute Gasteiger partial charge is 0.383 e. The molecule has 222 valence electrons. The number of anilines is 1. The maximum Gasteiger partial charge on any atom is 0.476 e. The Labute approximate surface area is 254 Å². The molecule has 2 N–H and O–H groups in total. The lowest BCUT2D eigenvalue weighted by molar-refractivity contribution is -0.137. The van der Waals surface area contributed by atoms with Gasteiger partial charge in [-0.25, -0.2) is 13.9 Å². The van der Waals surface area contributed by atoms with Gasteiger partial charge in [0.05, 0.1) is 15.6 Å². The van der Waals surface area contributed by atoms with Crippen molar-refractivity contribution in [2.24, 2.45) is 4.99 Å². The number of amidine groups is 1. The zero-order chi connectivity index (χ0) is 31.4. The minimum absolute atomic E-state index is 0.433. The van der Waals surface area contributed by atoms with Gasteiger partial charge in [-0.05, 0) is 23.8 Å². The maximum absolute atomic E-state index is 12.7. The second kappa shape index (κ2) is 13.4. The van der Waals surface area contributed by atoms with E-state index in [0.717, 1.165) is 29.6 Å². The number of pyridine rings is 1. The van der Waals surface area contributed by atoms with Crippen LogP contribution in [0.5, 0.6) is 0 Å². The third-order valence-electron chi connectivity index (χ3n) is 5.10. The molecule has 3 aromatic rings. The standard InChI is InChI=1S/C12H4Cl2F6N4OS.C10H9ClN4S/c13-5-1-4(11(15,16)17)2-6(14)8(5)24-10(22)9(7(3-21)23-24)26(25)12(18,19)20;11-9-2-1-8(5-13-9)6-15-3-4-16-10(15)14-7-12/h1-2H,22H2;1-2,5H,3-4,6H2. The zero-order valence-electron chi connectivity index (χ0n) is 20.3. The Morgan fingerprint density at radius 1 is 1.12 bits per heavy atom. The first kappa shape index (κ1) is 33.3. The number of aliphatic imine (C=N–C) groups is 1. The summed E-state index contributed by atoms with van der Waals surface area (Å²) in [6.45, 7) is 1.63. The van der Waals surface area contributed by atoms with E-state index in [-0.39, 0.29) is 0 Å². The van der Waals surface area contributed by atoms with Gasteiger partial charge in [0.15, 0.2) is 21.7 Å². The third kappa shape index (κ3) is 7.78. The molecule has 2 aromatic heterocycles. The van der Waals surface area contributed by atoms with E-state index in [1.807, 2.05) is 12.3 Å². The summed E-state index contributed by atoms with van der Waals surface area (Å²) in [5.74, 6) is 0.0717. The number of hydrogen-bond acceptors (Lipinski definition) is 8. The van der Waals surface area contributed by atoms with Crippen LogP contribution >= 0.6 is 46.6 Å². The van der Waals surface area contributed by atoms with Crippen molar-refractivity contribution in [1.29, 1.82) is 10.5 Å². The molecule has 1 aliphatic rings. The topological polar surface area (TPSA) is 137 Å². The van der Waals surface area contributed by atoms with Gasteiger partial charge in [-0.2, -0.15) is 42.0 Å². The Kier molecular flexibility index (Phi) is 10.6. The fraction of sp³-hybridized carbons (Fsp3) is 0.227. The van der Waals surface area contributed by atoms with Gasteiger partial charge in [0.1, 0.15) is 27.6 Å². The van der Waals surface area contributed by atoms with Crippen LogP contribution in [-0.4, -0.2) is 46.8 Å². The van der Waals surface area contributed by atoms with Gasteiger partial charge in [0.25, 0.3) is 0 Å². The number of thioether (sulfide) groups is 1. The van der Waals surface area contributed by atoms with Crippen molar-refractivity contribution in [2.45, 2.75) is 23.1 Å². The first-order valence-corrected chi connectivity index (χ1v) is 14.1. The lowest BCUT2D eigenvalue weighted by Crippen LogP contribution is -2.23. The number of nitrogens with zero attached hydrogens (tertiary/aromatic N) is 7. The highest BCUT2D eigenvalue weighted by atomic mass is 35.5. The molecule has 4 rings (SSSR count). The van der Waals surface area contributed by atoms with Crippen LogP contribution in [-0.2, 0) is 23.5 Å². The Hall–Kier alpha value is -3.22. The van der Waals surface area contributed by atoms with E-state index in [0.29, 0.717) is 22.0 Å². The van der Waals surface area contributed by atoms with Crippen molar-refractivity contribution in [1.82, 2.24) is 19.7 Å². The quantitative estimate of drug-likeness (QED) is 0.189. The Morgan fingerprint density at radius 2 is 1.76 bits per heavy atom. The normalized spacial score (nSPS) is 15.1. The highest BCUT2D eigenvalue weighted by Crippen LogP contribution is 2.40. The minimum atomic E-state index is -5.25. The Bertz CT molecular complexity index is 1590. The molecule has 0 radical (unpaired) electrons. The molecule has 1 aliphatic heterocycles. The number of hydrogen-bond donors (Lipinski definition) is 1. The van der Waals surface area contributed by atoms with Crippen LogP contribution in [0.3, 0.4) is 0 Å². The summed E-state index contributed by atoms with van der Waals surface area (Å²) in [4.78, 5) is 8.72. The fourth-order valence-electron chi connectivity index (χ4n) is 3.34. The van der Waals surface area contributed by atoms with Crippen LogP contribution < -0.4 is 5.73 Å². The van der Waals surface area contributed by atoms with Crippen molar-refractivity contribution >= 4 is 68.3 Å². The first-order chi connectivity index (χ1) is 19.6. The molecular formula is C22H13Cl3F6N8OS2. The lowest BCUT2D eigenvalue weighted by atomic mass is 10.2. The van der Waals surface area contributed by atoms with Crippen molar-refractivity contribution < 1.29 is 30.6 Å². The van der Waals surface area contributed by atoms with Gasteiger partial charge in [-0.15, -0.1) is 4.99 Å². The average Bonchev–Trinajstić information content (AvgIpc) is 3.47. The van der Waals surface area contributed by atoms with Gasteiger partial charge in [-0.1, -0.05) is 52.6 Å². The summed E-state index contributed by atoms with van der Waals surface area (Å²) in [5, 5.41) is 20.9. The van der Waals surface area contributed by atoms with E-state index >= 15 is 0 Å². The second-order valence-electron chi connectivity index (χ2n) is 7.84. The molecular weight excluding hydrogens is 677 g/mol. The van der Waals surface area contributed by atoms with Gasteiger partial charge in [0, 0.05) is 25.0 Å². The first-order valence-electron chi connectivity index (χ1n) is 10.9. The molecule has 1 saturated heterocycles. The summed E-state index contributed by atoms with van der Waals surface area (Å²) in [7, 11) is -3.71. The summed E-state index contributed by atoms with van der Waals surface area (Å²) in [6.07, 6.45) is -1.22. The summed E-state index contributed by atoms with van der Waals surface area (Å²) in [5.41, 5.74) is -1.35. The number of rotatable bonds is 4. The molecule has 0 bridgehead atoms. The highest BCUT2D eigenvalue weighted by molar-refractivity contribution is 8.14. The minimum Gasteiger partial charge on any atom is -0.383 e. The van der Waals surface area contributed by atoms with Gasteiger partial charge >= 0.3 is 11.7 Å². The van der Waals surface area contributed by atoms with Crippen LogP contribution in [0, 0.1) is 22.8 Å². The number of nitrogens with two attached hydrogens (primary N) is 1. The van der Waals surface area contributed by atoms with E-state index in [9.17, 15) is 30.6 Å².